The van der Waals surface area contributed by atoms with Crippen LogP contribution in [-0.4, -0.2) is 17.4 Å². The number of thiophene rings is 1. The molecule has 1 heterocycles. The highest BCUT2D eigenvalue weighted by molar-refractivity contribution is 8.00. The molecule has 0 aliphatic carbocycles. The van der Waals surface area contributed by atoms with Gasteiger partial charge in [-0.3, -0.25) is 15.5 Å². The number of hydrazone groups is 1. The maximum atomic E-state index is 10.5. The Morgan fingerprint density at radius 1 is 1.40 bits per heavy atom. The van der Waals surface area contributed by atoms with E-state index in [-0.39, 0.29) is 5.69 Å². The average molecular weight is 307 g/mol. The predicted molar refractivity (Wildman–Crippen MR) is 85.2 cm³/mol. The SMILES string of the molecule is CSc1sc(C)cc1C=NNc1ccc([N+](=O)[O-])cc1. The van der Waals surface area contributed by atoms with E-state index in [9.17, 15) is 10.1 Å². The highest BCUT2D eigenvalue weighted by Crippen LogP contribution is 2.28. The van der Waals surface area contributed by atoms with Crippen molar-refractivity contribution in [3.05, 3.63) is 50.9 Å². The Morgan fingerprint density at radius 2 is 2.10 bits per heavy atom. The first kappa shape index (κ1) is 14.5. The summed E-state index contributed by atoms with van der Waals surface area (Å²) < 4.78 is 1.22. The Bertz CT molecular complexity index is 636. The second-order valence-corrected chi connectivity index (χ2v) is 6.31. The molecule has 0 unspecified atom stereocenters. The van der Waals surface area contributed by atoms with E-state index >= 15 is 0 Å². The van der Waals surface area contributed by atoms with Gasteiger partial charge in [0.25, 0.3) is 5.69 Å². The molecule has 0 radical (unpaired) electrons. The first-order chi connectivity index (χ1) is 9.60. The second kappa shape index (κ2) is 6.53. The molecule has 0 bridgehead atoms. The van der Waals surface area contributed by atoms with Crippen molar-refractivity contribution in [1.82, 2.24) is 0 Å². The Hall–Kier alpha value is -1.86. The third-order valence-electron chi connectivity index (χ3n) is 2.51. The molecule has 1 N–H and O–H groups in total. The third kappa shape index (κ3) is 3.58. The molecule has 20 heavy (non-hydrogen) atoms. The number of rotatable bonds is 5. The lowest BCUT2D eigenvalue weighted by atomic mass is 10.3. The molecule has 2 aromatic rings. The standard InChI is InChI=1S/C13H13N3O2S2/c1-9-7-10(13(19-2)20-9)8-14-15-11-3-5-12(6-4-11)16(17)18/h3-8,15H,1-2H3. The summed E-state index contributed by atoms with van der Waals surface area (Å²) in [4.78, 5) is 11.4. The van der Waals surface area contributed by atoms with Gasteiger partial charge >= 0.3 is 0 Å². The van der Waals surface area contributed by atoms with Crippen LogP contribution in [0.25, 0.3) is 0 Å². The molecule has 1 aromatic carbocycles. The number of non-ortho nitro benzene ring substituents is 1. The van der Waals surface area contributed by atoms with Crippen molar-refractivity contribution in [3.8, 4) is 0 Å². The molecular formula is C13H13N3O2S2. The first-order valence-electron chi connectivity index (χ1n) is 5.78. The van der Waals surface area contributed by atoms with Crippen molar-refractivity contribution in [2.24, 2.45) is 5.10 Å². The summed E-state index contributed by atoms with van der Waals surface area (Å²) >= 11 is 3.43. The number of thioether (sulfide) groups is 1. The zero-order chi connectivity index (χ0) is 14.5. The van der Waals surface area contributed by atoms with E-state index in [0.717, 1.165) is 5.56 Å². The molecule has 2 rings (SSSR count). The van der Waals surface area contributed by atoms with E-state index in [1.165, 1.54) is 21.2 Å². The van der Waals surface area contributed by atoms with E-state index in [0.29, 0.717) is 5.69 Å². The van der Waals surface area contributed by atoms with Crippen molar-refractivity contribution in [2.75, 3.05) is 11.7 Å². The van der Waals surface area contributed by atoms with Gasteiger partial charge in [0.05, 0.1) is 21.0 Å². The molecule has 0 aliphatic rings. The lowest BCUT2D eigenvalue weighted by Gasteiger charge is -1.99. The Balaban J connectivity index is 2.04. The number of nitro benzene ring substituents is 1. The third-order valence-corrected chi connectivity index (χ3v) is 4.73. The number of nitrogens with one attached hydrogen (secondary N) is 1. The number of nitro groups is 1. The van der Waals surface area contributed by atoms with Crippen molar-refractivity contribution >= 4 is 40.7 Å². The molecule has 0 spiro atoms. The molecule has 0 amide bonds. The van der Waals surface area contributed by atoms with Gasteiger partial charge in [-0.25, -0.2) is 0 Å². The number of nitrogens with zero attached hydrogens (tertiary/aromatic N) is 2. The fourth-order valence-corrected chi connectivity index (χ4v) is 3.38. The summed E-state index contributed by atoms with van der Waals surface area (Å²) in [5.41, 5.74) is 4.72. The molecule has 0 saturated carbocycles. The van der Waals surface area contributed by atoms with Crippen molar-refractivity contribution in [1.29, 1.82) is 0 Å². The minimum absolute atomic E-state index is 0.0673. The zero-order valence-corrected chi connectivity index (χ0v) is 12.6. The van der Waals surface area contributed by atoms with Crippen LogP contribution in [-0.2, 0) is 0 Å². The molecule has 5 nitrogen and oxygen atoms in total. The van der Waals surface area contributed by atoms with Crippen LogP contribution < -0.4 is 5.43 Å². The maximum absolute atomic E-state index is 10.5. The molecular weight excluding hydrogens is 294 g/mol. The predicted octanol–water partition coefficient (Wildman–Crippen LogP) is 4.13. The number of hydrogen-bond donors (Lipinski definition) is 1. The van der Waals surface area contributed by atoms with Gasteiger partial charge in [-0.05, 0) is 31.4 Å². The van der Waals surface area contributed by atoms with Crippen LogP contribution in [0, 0.1) is 17.0 Å². The normalized spacial score (nSPS) is 10.9. The van der Waals surface area contributed by atoms with Crippen LogP contribution in [0.4, 0.5) is 11.4 Å². The zero-order valence-electron chi connectivity index (χ0n) is 11.0. The first-order valence-corrected chi connectivity index (χ1v) is 7.82. The van der Waals surface area contributed by atoms with E-state index < -0.39 is 4.92 Å². The largest absolute Gasteiger partial charge is 0.278 e. The van der Waals surface area contributed by atoms with Gasteiger partial charge in [-0.2, -0.15) is 5.10 Å². The van der Waals surface area contributed by atoms with Gasteiger partial charge in [0.2, 0.25) is 0 Å². The van der Waals surface area contributed by atoms with Gasteiger partial charge in [0.1, 0.15) is 0 Å². The van der Waals surface area contributed by atoms with E-state index in [4.69, 9.17) is 0 Å². The monoisotopic (exact) mass is 307 g/mol. The number of hydrogen-bond acceptors (Lipinski definition) is 6. The molecule has 0 saturated heterocycles. The van der Waals surface area contributed by atoms with Crippen LogP contribution in [0.15, 0.2) is 39.6 Å². The summed E-state index contributed by atoms with van der Waals surface area (Å²) in [6.45, 7) is 2.06. The highest BCUT2D eigenvalue weighted by Gasteiger charge is 2.04. The van der Waals surface area contributed by atoms with Crippen molar-refractivity contribution < 1.29 is 4.92 Å². The molecule has 1 aromatic heterocycles. The number of aryl methyl sites for hydroxylation is 1. The number of benzene rings is 1. The molecule has 0 aliphatic heterocycles. The quantitative estimate of drug-likeness (QED) is 0.390. The smallest absolute Gasteiger partial charge is 0.269 e. The second-order valence-electron chi connectivity index (χ2n) is 3.98. The topological polar surface area (TPSA) is 67.5 Å². The fraction of sp³-hybridized carbons (Fsp3) is 0.154. The average Bonchev–Trinajstić information content (AvgIpc) is 2.79. The van der Waals surface area contributed by atoms with Crippen molar-refractivity contribution in [2.45, 2.75) is 11.1 Å². The summed E-state index contributed by atoms with van der Waals surface area (Å²) in [6, 6.07) is 8.23. The lowest BCUT2D eigenvalue weighted by Crippen LogP contribution is -1.92. The van der Waals surface area contributed by atoms with Crippen molar-refractivity contribution in [3.63, 3.8) is 0 Å². The summed E-state index contributed by atoms with van der Waals surface area (Å²) in [6.07, 6.45) is 3.79. The van der Waals surface area contributed by atoms with Gasteiger partial charge in [0.15, 0.2) is 0 Å². The maximum Gasteiger partial charge on any atom is 0.269 e. The fourth-order valence-electron chi connectivity index (χ4n) is 1.60. The molecule has 7 heteroatoms. The summed E-state index contributed by atoms with van der Waals surface area (Å²) in [7, 11) is 0. The Labute approximate surface area is 124 Å². The minimum Gasteiger partial charge on any atom is -0.278 e. The van der Waals surface area contributed by atoms with Gasteiger partial charge in [0, 0.05) is 22.6 Å². The molecule has 104 valence electrons. The number of anilines is 1. The summed E-state index contributed by atoms with van der Waals surface area (Å²) in [5, 5.41) is 14.7. The van der Waals surface area contributed by atoms with Gasteiger partial charge in [-0.15, -0.1) is 23.1 Å². The van der Waals surface area contributed by atoms with E-state index in [1.54, 1.807) is 41.4 Å². The Morgan fingerprint density at radius 3 is 2.70 bits per heavy atom. The van der Waals surface area contributed by atoms with Crippen LogP contribution in [0.5, 0.6) is 0 Å². The molecule has 0 atom stereocenters. The minimum atomic E-state index is -0.425. The highest BCUT2D eigenvalue weighted by atomic mass is 32.2. The lowest BCUT2D eigenvalue weighted by molar-refractivity contribution is -0.384. The van der Waals surface area contributed by atoms with Crippen LogP contribution >= 0.6 is 23.1 Å². The molecule has 0 fully saturated rings. The van der Waals surface area contributed by atoms with E-state index in [2.05, 4.69) is 23.5 Å². The Kier molecular flexibility index (Phi) is 4.75. The van der Waals surface area contributed by atoms with Gasteiger partial charge < -0.3 is 0 Å². The van der Waals surface area contributed by atoms with Gasteiger partial charge in [-0.1, -0.05) is 0 Å². The van der Waals surface area contributed by atoms with Crippen LogP contribution in [0.1, 0.15) is 10.4 Å². The van der Waals surface area contributed by atoms with Crippen LogP contribution in [0.2, 0.25) is 0 Å². The van der Waals surface area contributed by atoms with E-state index in [1.807, 2.05) is 6.26 Å². The summed E-state index contributed by atoms with van der Waals surface area (Å²) in [5.74, 6) is 0. The van der Waals surface area contributed by atoms with Crippen LogP contribution in [0.3, 0.4) is 0 Å².